The van der Waals surface area contributed by atoms with E-state index in [1.54, 1.807) is 0 Å². The number of amides is 1. The van der Waals surface area contributed by atoms with E-state index >= 15 is 0 Å². The fourth-order valence-corrected chi connectivity index (χ4v) is 2.34. The third-order valence-corrected chi connectivity index (χ3v) is 3.48. The number of hydrogen-bond acceptors (Lipinski definition) is 4. The van der Waals surface area contributed by atoms with Crippen LogP contribution in [0.3, 0.4) is 0 Å². The second-order valence-electron chi connectivity index (χ2n) is 4.66. The van der Waals surface area contributed by atoms with E-state index in [9.17, 15) is 14.7 Å². The zero-order chi connectivity index (χ0) is 13.0. The lowest BCUT2D eigenvalue weighted by Gasteiger charge is -2.33. The zero-order valence-corrected chi connectivity index (χ0v) is 9.98. The van der Waals surface area contributed by atoms with E-state index in [0.29, 0.717) is 12.8 Å². The summed E-state index contributed by atoms with van der Waals surface area (Å²) in [5.74, 6) is -1.15. The minimum absolute atomic E-state index is 0.103. The summed E-state index contributed by atoms with van der Waals surface area (Å²) < 4.78 is 0. The molecule has 0 atom stereocenters. The Morgan fingerprint density at radius 2 is 2.11 bits per heavy atom. The minimum Gasteiger partial charge on any atom is -0.481 e. The van der Waals surface area contributed by atoms with Crippen LogP contribution in [0, 0.1) is 5.41 Å². The molecule has 1 aromatic heterocycles. The van der Waals surface area contributed by atoms with Crippen molar-refractivity contribution in [1.29, 1.82) is 0 Å². The normalized spacial score (nSPS) is 18.2. The molecule has 0 spiro atoms. The average Bonchev–Trinajstić information content (AvgIpc) is 2.91. The fraction of sp³-hybridized carbons (Fsp3) is 0.636. The van der Waals surface area contributed by atoms with Gasteiger partial charge in [-0.1, -0.05) is 19.3 Å². The molecule has 98 valence electrons. The predicted octanol–water partition coefficient (Wildman–Crippen LogP) is 0.570. The highest BCUT2D eigenvalue weighted by Crippen LogP contribution is 2.35. The molecule has 0 unspecified atom stereocenters. The van der Waals surface area contributed by atoms with Gasteiger partial charge in [0.05, 0.1) is 5.41 Å². The van der Waals surface area contributed by atoms with Crippen molar-refractivity contribution in [2.24, 2.45) is 5.41 Å². The second-order valence-corrected chi connectivity index (χ2v) is 4.66. The molecule has 1 heterocycles. The van der Waals surface area contributed by atoms with Crippen molar-refractivity contribution in [2.75, 3.05) is 6.54 Å². The second kappa shape index (κ2) is 5.16. The summed E-state index contributed by atoms with van der Waals surface area (Å²) in [5.41, 5.74) is -0.825. The quantitative estimate of drug-likeness (QED) is 0.726. The topological polar surface area (TPSA) is 108 Å². The summed E-state index contributed by atoms with van der Waals surface area (Å²) in [6, 6.07) is 0. The van der Waals surface area contributed by atoms with Gasteiger partial charge in [-0.15, -0.1) is 0 Å². The molecule has 1 aliphatic carbocycles. The molecule has 3 N–H and O–H groups in total. The Kier molecular flexibility index (Phi) is 3.59. The Balaban J connectivity index is 1.98. The Labute approximate surface area is 104 Å². The number of rotatable bonds is 4. The number of nitrogens with one attached hydrogen (secondary N) is 2. The smallest absolute Gasteiger partial charge is 0.311 e. The van der Waals surface area contributed by atoms with Crippen LogP contribution in [0.2, 0.25) is 0 Å². The summed E-state index contributed by atoms with van der Waals surface area (Å²) in [7, 11) is 0. The molecule has 18 heavy (non-hydrogen) atoms. The van der Waals surface area contributed by atoms with Crippen LogP contribution in [-0.4, -0.2) is 38.7 Å². The van der Waals surface area contributed by atoms with Crippen LogP contribution >= 0.6 is 0 Å². The van der Waals surface area contributed by atoms with Crippen molar-refractivity contribution < 1.29 is 14.7 Å². The highest BCUT2D eigenvalue weighted by atomic mass is 16.4. The molecular weight excluding hydrogens is 236 g/mol. The van der Waals surface area contributed by atoms with Crippen LogP contribution in [-0.2, 0) is 4.79 Å². The third kappa shape index (κ3) is 2.49. The summed E-state index contributed by atoms with van der Waals surface area (Å²) >= 11 is 0. The molecule has 1 fully saturated rings. The largest absolute Gasteiger partial charge is 0.481 e. The van der Waals surface area contributed by atoms with Gasteiger partial charge in [-0.05, 0) is 12.8 Å². The van der Waals surface area contributed by atoms with Gasteiger partial charge in [0.2, 0.25) is 5.82 Å². The van der Waals surface area contributed by atoms with E-state index in [2.05, 4.69) is 20.5 Å². The fourth-order valence-electron chi connectivity index (χ4n) is 2.34. The Hall–Kier alpha value is -1.92. The molecule has 7 nitrogen and oxygen atoms in total. The minimum atomic E-state index is -0.833. The van der Waals surface area contributed by atoms with Crippen LogP contribution < -0.4 is 5.32 Å². The molecule has 0 saturated heterocycles. The number of carboxylic acids is 1. The van der Waals surface area contributed by atoms with Crippen LogP contribution in [0.25, 0.3) is 0 Å². The number of aromatic amines is 1. The SMILES string of the molecule is O=C(NCC1(C(=O)O)CCCCC1)c1ncn[nH]1. The van der Waals surface area contributed by atoms with Crippen molar-refractivity contribution in [3.8, 4) is 0 Å². The number of aliphatic carboxylic acids is 1. The summed E-state index contributed by atoms with van der Waals surface area (Å²) in [6.07, 6.45) is 5.31. The number of aromatic nitrogens is 3. The van der Waals surface area contributed by atoms with E-state index < -0.39 is 17.3 Å². The Bertz CT molecular complexity index is 424. The number of hydrogen-bond donors (Lipinski definition) is 3. The van der Waals surface area contributed by atoms with Crippen LogP contribution in [0.15, 0.2) is 6.33 Å². The number of carbonyl (C=O) groups is 2. The van der Waals surface area contributed by atoms with Crippen molar-refractivity contribution in [1.82, 2.24) is 20.5 Å². The first-order valence-corrected chi connectivity index (χ1v) is 6.01. The summed E-state index contributed by atoms with van der Waals surface area (Å²) in [4.78, 5) is 26.8. The monoisotopic (exact) mass is 252 g/mol. The Morgan fingerprint density at radius 1 is 1.39 bits per heavy atom. The van der Waals surface area contributed by atoms with Crippen LogP contribution in [0.5, 0.6) is 0 Å². The lowest BCUT2D eigenvalue weighted by Crippen LogP contribution is -2.44. The number of H-pyrrole nitrogens is 1. The Morgan fingerprint density at radius 3 is 2.67 bits per heavy atom. The van der Waals surface area contributed by atoms with Crippen LogP contribution in [0.4, 0.5) is 0 Å². The van der Waals surface area contributed by atoms with E-state index in [-0.39, 0.29) is 12.4 Å². The number of nitrogens with zero attached hydrogens (tertiary/aromatic N) is 2. The van der Waals surface area contributed by atoms with Crippen molar-refractivity contribution in [2.45, 2.75) is 32.1 Å². The van der Waals surface area contributed by atoms with E-state index in [1.165, 1.54) is 6.33 Å². The van der Waals surface area contributed by atoms with Crippen molar-refractivity contribution in [3.05, 3.63) is 12.2 Å². The van der Waals surface area contributed by atoms with Gasteiger partial charge in [0.15, 0.2) is 0 Å². The highest BCUT2D eigenvalue weighted by molar-refractivity contribution is 5.90. The first-order valence-electron chi connectivity index (χ1n) is 6.01. The number of carboxylic acid groups (broad SMARTS) is 1. The molecule has 1 saturated carbocycles. The van der Waals surface area contributed by atoms with Gasteiger partial charge in [0.25, 0.3) is 5.91 Å². The maximum atomic E-state index is 11.7. The molecule has 1 aliphatic rings. The summed E-state index contributed by atoms with van der Waals surface area (Å²) in [6.45, 7) is 0.141. The van der Waals surface area contributed by atoms with Gasteiger partial charge in [-0.2, -0.15) is 5.10 Å². The van der Waals surface area contributed by atoms with Gasteiger partial charge in [0.1, 0.15) is 6.33 Å². The highest BCUT2D eigenvalue weighted by Gasteiger charge is 2.39. The summed E-state index contributed by atoms with van der Waals surface area (Å²) in [5, 5.41) is 18.0. The zero-order valence-electron chi connectivity index (χ0n) is 9.98. The maximum Gasteiger partial charge on any atom is 0.311 e. The first-order chi connectivity index (χ1) is 8.64. The van der Waals surface area contributed by atoms with Gasteiger partial charge in [-0.3, -0.25) is 14.7 Å². The standard InChI is InChI=1S/C11H16N4O3/c16-9(8-13-7-14-15-8)12-6-11(10(17)18)4-2-1-3-5-11/h7H,1-6H2,(H,12,16)(H,17,18)(H,13,14,15). The first kappa shape index (κ1) is 12.5. The third-order valence-electron chi connectivity index (χ3n) is 3.48. The van der Waals surface area contributed by atoms with Gasteiger partial charge in [-0.25, -0.2) is 4.98 Å². The molecule has 2 rings (SSSR count). The lowest BCUT2D eigenvalue weighted by atomic mass is 9.74. The molecule has 0 aromatic carbocycles. The number of carbonyl (C=O) groups excluding carboxylic acids is 1. The molecule has 7 heteroatoms. The van der Waals surface area contributed by atoms with Gasteiger partial charge >= 0.3 is 5.97 Å². The van der Waals surface area contributed by atoms with E-state index in [4.69, 9.17) is 0 Å². The van der Waals surface area contributed by atoms with Crippen LogP contribution in [0.1, 0.15) is 42.7 Å². The van der Waals surface area contributed by atoms with Crippen molar-refractivity contribution >= 4 is 11.9 Å². The molecule has 0 bridgehead atoms. The van der Waals surface area contributed by atoms with Gasteiger partial charge < -0.3 is 10.4 Å². The molecule has 1 amide bonds. The lowest BCUT2D eigenvalue weighted by molar-refractivity contribution is -0.150. The molecule has 0 aliphatic heterocycles. The molecule has 1 aromatic rings. The predicted molar refractivity (Wildman–Crippen MR) is 61.9 cm³/mol. The maximum absolute atomic E-state index is 11.7. The molecule has 0 radical (unpaired) electrons. The van der Waals surface area contributed by atoms with Crippen molar-refractivity contribution in [3.63, 3.8) is 0 Å². The van der Waals surface area contributed by atoms with E-state index in [1.807, 2.05) is 0 Å². The van der Waals surface area contributed by atoms with Gasteiger partial charge in [0, 0.05) is 6.54 Å². The average molecular weight is 252 g/mol. The van der Waals surface area contributed by atoms with E-state index in [0.717, 1.165) is 19.3 Å². The molecular formula is C11H16N4O3.